The second-order valence-corrected chi connectivity index (χ2v) is 6.36. The Bertz CT molecular complexity index is 1070. The average Bonchev–Trinajstić information content (AvgIpc) is 3.18. The molecule has 1 heterocycles. The second kappa shape index (κ2) is 8.99. The van der Waals surface area contributed by atoms with Gasteiger partial charge in [-0.3, -0.25) is 19.7 Å². The molecule has 0 saturated heterocycles. The molecule has 0 aliphatic carbocycles. The third-order valence-electron chi connectivity index (χ3n) is 4.63. The standard InChI is InChI=1S/C21H21N5O4/c1-3-24(4-2)21(28)17-14-22-25(15-10-6-5-7-11-15)19(17)23-20(27)16-12-8-9-13-18(16)26(29)30/h5-14H,3-4H2,1-2H3,(H,23,27). The average molecular weight is 407 g/mol. The molecule has 2 aromatic carbocycles. The molecular formula is C21H21N5O4. The van der Waals surface area contributed by atoms with Crippen molar-refractivity contribution in [3.05, 3.63) is 82.0 Å². The Labute approximate surface area is 173 Å². The van der Waals surface area contributed by atoms with Crippen LogP contribution in [-0.4, -0.2) is 44.5 Å². The number of para-hydroxylation sites is 2. The van der Waals surface area contributed by atoms with E-state index in [1.165, 1.54) is 29.1 Å². The molecule has 0 spiro atoms. The highest BCUT2D eigenvalue weighted by molar-refractivity contribution is 6.10. The summed E-state index contributed by atoms with van der Waals surface area (Å²) in [7, 11) is 0. The maximum Gasteiger partial charge on any atom is 0.282 e. The monoisotopic (exact) mass is 407 g/mol. The van der Waals surface area contributed by atoms with Crippen molar-refractivity contribution in [1.29, 1.82) is 0 Å². The van der Waals surface area contributed by atoms with Gasteiger partial charge in [0.15, 0.2) is 0 Å². The van der Waals surface area contributed by atoms with Crippen molar-refractivity contribution in [3.8, 4) is 5.69 Å². The van der Waals surface area contributed by atoms with Crippen LogP contribution >= 0.6 is 0 Å². The van der Waals surface area contributed by atoms with E-state index in [0.717, 1.165) is 0 Å². The molecule has 30 heavy (non-hydrogen) atoms. The first kappa shape index (κ1) is 20.7. The van der Waals surface area contributed by atoms with Crippen LogP contribution in [-0.2, 0) is 0 Å². The molecule has 0 atom stereocenters. The van der Waals surface area contributed by atoms with Crippen LogP contribution in [0.15, 0.2) is 60.8 Å². The van der Waals surface area contributed by atoms with Crippen molar-refractivity contribution < 1.29 is 14.5 Å². The van der Waals surface area contributed by atoms with Crippen molar-refractivity contribution in [3.63, 3.8) is 0 Å². The summed E-state index contributed by atoms with van der Waals surface area (Å²) in [6.07, 6.45) is 1.39. The fraction of sp³-hybridized carbons (Fsp3) is 0.190. The summed E-state index contributed by atoms with van der Waals surface area (Å²) in [5.74, 6) is -0.838. The molecule has 1 aromatic heterocycles. The fourth-order valence-corrected chi connectivity index (χ4v) is 3.07. The number of nitro groups is 1. The second-order valence-electron chi connectivity index (χ2n) is 6.36. The number of anilines is 1. The molecule has 154 valence electrons. The van der Waals surface area contributed by atoms with Gasteiger partial charge >= 0.3 is 0 Å². The maximum atomic E-state index is 13.0. The Morgan fingerprint density at radius 2 is 1.67 bits per heavy atom. The van der Waals surface area contributed by atoms with Gasteiger partial charge in [0.2, 0.25) is 0 Å². The Morgan fingerprint density at radius 1 is 1.03 bits per heavy atom. The van der Waals surface area contributed by atoms with E-state index in [-0.39, 0.29) is 28.5 Å². The molecule has 1 N–H and O–H groups in total. The number of benzene rings is 2. The molecule has 0 aliphatic rings. The van der Waals surface area contributed by atoms with Gasteiger partial charge in [-0.25, -0.2) is 4.68 Å². The van der Waals surface area contributed by atoms with E-state index in [9.17, 15) is 19.7 Å². The minimum Gasteiger partial charge on any atom is -0.339 e. The lowest BCUT2D eigenvalue weighted by Gasteiger charge is -2.19. The van der Waals surface area contributed by atoms with Gasteiger partial charge in [-0.05, 0) is 32.0 Å². The number of rotatable bonds is 7. The number of nitro benzene ring substituents is 1. The Morgan fingerprint density at radius 3 is 2.30 bits per heavy atom. The van der Waals surface area contributed by atoms with E-state index in [2.05, 4.69) is 10.4 Å². The van der Waals surface area contributed by atoms with Gasteiger partial charge in [0.25, 0.3) is 17.5 Å². The Balaban J connectivity index is 2.08. The zero-order valence-electron chi connectivity index (χ0n) is 16.6. The fourth-order valence-electron chi connectivity index (χ4n) is 3.07. The van der Waals surface area contributed by atoms with Crippen LogP contribution in [0, 0.1) is 10.1 Å². The van der Waals surface area contributed by atoms with Crippen LogP contribution in [0.5, 0.6) is 0 Å². The van der Waals surface area contributed by atoms with Crippen molar-refractivity contribution in [2.45, 2.75) is 13.8 Å². The van der Waals surface area contributed by atoms with E-state index in [1.54, 1.807) is 35.2 Å². The van der Waals surface area contributed by atoms with Crippen molar-refractivity contribution in [2.24, 2.45) is 0 Å². The summed E-state index contributed by atoms with van der Waals surface area (Å²) in [4.78, 5) is 38.2. The van der Waals surface area contributed by atoms with E-state index < -0.39 is 10.8 Å². The molecule has 2 amide bonds. The minimum absolute atomic E-state index is 0.107. The van der Waals surface area contributed by atoms with Crippen LogP contribution in [0.2, 0.25) is 0 Å². The molecule has 0 bridgehead atoms. The number of nitrogens with zero attached hydrogens (tertiary/aromatic N) is 4. The summed E-state index contributed by atoms with van der Waals surface area (Å²) in [5.41, 5.74) is 0.408. The lowest BCUT2D eigenvalue weighted by molar-refractivity contribution is -0.385. The van der Waals surface area contributed by atoms with Gasteiger partial charge in [0.1, 0.15) is 16.9 Å². The molecule has 0 unspecified atom stereocenters. The van der Waals surface area contributed by atoms with E-state index >= 15 is 0 Å². The molecule has 0 fully saturated rings. The van der Waals surface area contributed by atoms with Gasteiger partial charge in [-0.2, -0.15) is 5.10 Å². The van der Waals surface area contributed by atoms with E-state index in [4.69, 9.17) is 0 Å². The first-order valence-corrected chi connectivity index (χ1v) is 9.45. The SMILES string of the molecule is CCN(CC)C(=O)c1cnn(-c2ccccc2)c1NC(=O)c1ccccc1[N+](=O)[O-]. The van der Waals surface area contributed by atoms with Crippen LogP contribution in [0.3, 0.4) is 0 Å². The molecule has 3 rings (SSSR count). The summed E-state index contributed by atoms with van der Waals surface area (Å²) >= 11 is 0. The highest BCUT2D eigenvalue weighted by Gasteiger charge is 2.26. The van der Waals surface area contributed by atoms with Gasteiger partial charge < -0.3 is 10.2 Å². The Hall–Kier alpha value is -4.01. The largest absolute Gasteiger partial charge is 0.339 e. The number of nitrogens with one attached hydrogen (secondary N) is 1. The zero-order chi connectivity index (χ0) is 21.7. The molecule has 0 radical (unpaired) electrons. The molecular weight excluding hydrogens is 386 g/mol. The number of aromatic nitrogens is 2. The van der Waals surface area contributed by atoms with Crippen LogP contribution in [0.25, 0.3) is 5.69 Å². The third kappa shape index (κ3) is 4.04. The zero-order valence-corrected chi connectivity index (χ0v) is 16.6. The predicted molar refractivity (Wildman–Crippen MR) is 112 cm³/mol. The minimum atomic E-state index is -0.700. The number of carbonyl (C=O) groups is 2. The number of hydrogen-bond acceptors (Lipinski definition) is 5. The number of hydrogen-bond donors (Lipinski definition) is 1. The van der Waals surface area contributed by atoms with Gasteiger partial charge in [-0.1, -0.05) is 30.3 Å². The van der Waals surface area contributed by atoms with E-state index in [0.29, 0.717) is 18.8 Å². The molecule has 3 aromatic rings. The topological polar surface area (TPSA) is 110 Å². The first-order chi connectivity index (χ1) is 14.5. The highest BCUT2D eigenvalue weighted by atomic mass is 16.6. The molecule has 0 aliphatic heterocycles. The van der Waals surface area contributed by atoms with Gasteiger partial charge in [0, 0.05) is 19.2 Å². The predicted octanol–water partition coefficient (Wildman–Crippen LogP) is 3.51. The quantitative estimate of drug-likeness (QED) is 0.476. The number of carbonyl (C=O) groups excluding carboxylic acids is 2. The summed E-state index contributed by atoms with van der Waals surface area (Å²) in [5, 5.41) is 18.3. The number of amides is 2. The van der Waals surface area contributed by atoms with Crippen LogP contribution < -0.4 is 5.32 Å². The summed E-state index contributed by atoms with van der Waals surface area (Å²) in [6, 6.07) is 14.6. The maximum absolute atomic E-state index is 13.0. The smallest absolute Gasteiger partial charge is 0.282 e. The van der Waals surface area contributed by atoms with Crippen LogP contribution in [0.4, 0.5) is 11.5 Å². The van der Waals surface area contributed by atoms with Crippen LogP contribution in [0.1, 0.15) is 34.6 Å². The van der Waals surface area contributed by atoms with Crippen molar-refractivity contribution in [1.82, 2.24) is 14.7 Å². The van der Waals surface area contributed by atoms with Gasteiger partial charge in [-0.15, -0.1) is 0 Å². The first-order valence-electron chi connectivity index (χ1n) is 9.45. The molecule has 9 nitrogen and oxygen atoms in total. The normalized spacial score (nSPS) is 10.5. The van der Waals surface area contributed by atoms with Crippen molar-refractivity contribution in [2.75, 3.05) is 18.4 Å². The lowest BCUT2D eigenvalue weighted by atomic mass is 10.1. The molecule has 0 saturated carbocycles. The summed E-state index contributed by atoms with van der Waals surface area (Å²) in [6.45, 7) is 4.69. The Kier molecular flexibility index (Phi) is 6.21. The van der Waals surface area contributed by atoms with Crippen molar-refractivity contribution >= 4 is 23.3 Å². The van der Waals surface area contributed by atoms with Gasteiger partial charge in [0.05, 0.1) is 16.8 Å². The third-order valence-corrected chi connectivity index (χ3v) is 4.63. The van der Waals surface area contributed by atoms with E-state index in [1.807, 2.05) is 19.9 Å². The lowest BCUT2D eigenvalue weighted by Crippen LogP contribution is -2.31. The summed E-state index contributed by atoms with van der Waals surface area (Å²) < 4.78 is 1.43. The molecule has 9 heteroatoms. The highest BCUT2D eigenvalue weighted by Crippen LogP contribution is 2.25.